The quantitative estimate of drug-likeness (QED) is 0.135. The van der Waals surface area contributed by atoms with Crippen molar-refractivity contribution in [2.75, 3.05) is 0 Å². The van der Waals surface area contributed by atoms with Crippen molar-refractivity contribution in [1.82, 2.24) is 0 Å². The highest BCUT2D eigenvalue weighted by Crippen LogP contribution is 2.29. The highest BCUT2D eigenvalue weighted by molar-refractivity contribution is 5.65. The third kappa shape index (κ3) is 16.7. The molecule has 0 atom stereocenters. The minimum atomic E-state index is -2.11. The van der Waals surface area contributed by atoms with Crippen molar-refractivity contribution in [2.45, 2.75) is 162 Å². The molecule has 8 aromatic rings. The lowest BCUT2D eigenvalue weighted by molar-refractivity contribution is -0.661. The van der Waals surface area contributed by atoms with Gasteiger partial charge in [-0.15, -0.1) is 0 Å². The first kappa shape index (κ1) is 51.0. The lowest BCUT2D eigenvalue weighted by Gasteiger charge is -2.17. The molecule has 4 aromatic carbocycles. The predicted molar refractivity (Wildman–Crippen MR) is 334 cm³/mol. The van der Waals surface area contributed by atoms with E-state index in [1.807, 2.05) is 77.7 Å². The van der Waals surface area contributed by atoms with Gasteiger partial charge in [-0.1, -0.05) is 140 Å². The van der Waals surface area contributed by atoms with Gasteiger partial charge in [-0.2, -0.15) is 0 Å². The monoisotopic (exact) mass is 1050 g/mol. The number of rotatable bonds is 8. The highest BCUT2D eigenvalue weighted by Gasteiger charge is 2.23. The molecule has 0 saturated heterocycles. The van der Waals surface area contributed by atoms with E-state index >= 15 is 0 Å². The standard InChI is InChI=1S/2C19H26N.2C18H24N/c2*1-13(2)9-17-12-20(6)19(11-15(17)4)18-8-7-14(3)10-16(18)5;2*1-13-7-9-16(14(2)11-13)17-10-8-15(12-19(17)6)18(3,4)5/h2*7-8,10-13H,9H2,1-6H3;2*7-12H,1-6H3/q4*+1/i3D3,9D2;;1D3;. The zero-order valence-electron chi connectivity index (χ0n) is 59.9. The average Bonchev–Trinajstić information content (AvgIpc) is 1.15. The second kappa shape index (κ2) is 26.4. The molecular formula is C74H100N4+4. The molecule has 0 unspecified atom stereocenters. The fourth-order valence-corrected chi connectivity index (χ4v) is 9.97. The van der Waals surface area contributed by atoms with Crippen LogP contribution in [0.5, 0.6) is 0 Å². The summed E-state index contributed by atoms with van der Waals surface area (Å²) in [6.45, 7) is 34.1. The largest absolute Gasteiger partial charge is 0.212 e. The first-order valence-corrected chi connectivity index (χ1v) is 27.9. The van der Waals surface area contributed by atoms with Gasteiger partial charge in [0.05, 0.1) is 0 Å². The van der Waals surface area contributed by atoms with Gasteiger partial charge >= 0.3 is 0 Å². The summed E-state index contributed by atoms with van der Waals surface area (Å²) in [5.41, 5.74) is 24.5. The molecule has 4 heterocycles. The summed E-state index contributed by atoms with van der Waals surface area (Å²) in [6, 6.07) is 36.9. The van der Waals surface area contributed by atoms with Gasteiger partial charge in [-0.05, 0) is 174 Å². The summed E-state index contributed by atoms with van der Waals surface area (Å²) in [5, 5.41) is 0. The SMILES string of the molecule is Cc1ccc(-c2cc(C)c(CC(C)C)c[n+]2C)c(C)c1.Cc1ccc(-c2ccc(C(C)(C)C)c[n+]2C)c(C)c1.[2H]C([2H])([2H])c1ccc(-c2cc(C)c(C([2H])([2H])C(C)C)c[n+]2C)c(C)c1.[2H]C([2H])([2H])c1ccc(-c2ccc(C(C)(C)C)c[n+]2C)c(C)c1. The van der Waals surface area contributed by atoms with E-state index in [9.17, 15) is 0 Å². The average molecular weight is 1050 g/mol. The van der Waals surface area contributed by atoms with Crippen molar-refractivity contribution < 1.29 is 29.2 Å². The number of pyridine rings is 4. The van der Waals surface area contributed by atoms with Gasteiger partial charge in [-0.3, -0.25) is 0 Å². The van der Waals surface area contributed by atoms with Crippen molar-refractivity contribution in [1.29, 1.82) is 0 Å². The van der Waals surface area contributed by atoms with Crippen LogP contribution < -0.4 is 18.3 Å². The second-order valence-electron chi connectivity index (χ2n) is 24.8. The van der Waals surface area contributed by atoms with Crippen molar-refractivity contribution in [3.05, 3.63) is 212 Å². The molecule has 0 fully saturated rings. The van der Waals surface area contributed by atoms with Crippen LogP contribution in [0.25, 0.3) is 45.0 Å². The van der Waals surface area contributed by atoms with Gasteiger partial charge in [0.1, 0.15) is 28.2 Å². The van der Waals surface area contributed by atoms with E-state index in [4.69, 9.17) is 11.0 Å². The Morgan fingerprint density at radius 3 is 1.01 bits per heavy atom. The molecule has 412 valence electrons. The fraction of sp³-hybridized carbons (Fsp3) is 0.405. The molecule has 0 bridgehead atoms. The molecule has 0 aliphatic carbocycles. The zero-order chi connectivity index (χ0) is 64.9. The first-order chi connectivity index (χ1) is 39.5. The van der Waals surface area contributed by atoms with Crippen molar-refractivity contribution in [3.8, 4) is 45.0 Å². The number of hydrogen-bond acceptors (Lipinski definition) is 0. The summed E-state index contributed by atoms with van der Waals surface area (Å²) in [6.07, 6.45) is 8.28. The Morgan fingerprint density at radius 2 is 0.692 bits per heavy atom. The van der Waals surface area contributed by atoms with E-state index in [-0.39, 0.29) is 16.7 Å². The third-order valence-corrected chi connectivity index (χ3v) is 14.5. The lowest BCUT2D eigenvalue weighted by atomic mass is 9.88. The van der Waals surface area contributed by atoms with Gasteiger partial charge in [0.15, 0.2) is 24.8 Å². The minimum Gasteiger partial charge on any atom is -0.201 e. The van der Waals surface area contributed by atoms with Crippen molar-refractivity contribution >= 4 is 0 Å². The van der Waals surface area contributed by atoms with Crippen LogP contribution in [0, 0.1) is 80.9 Å². The molecule has 4 nitrogen and oxygen atoms in total. The maximum atomic E-state index is 8.36. The number of aromatic nitrogens is 4. The van der Waals surface area contributed by atoms with Crippen LogP contribution in [-0.2, 0) is 51.8 Å². The van der Waals surface area contributed by atoms with E-state index in [1.165, 1.54) is 67.0 Å². The third-order valence-electron chi connectivity index (χ3n) is 14.5. The van der Waals surface area contributed by atoms with E-state index in [1.54, 1.807) is 24.3 Å². The smallest absolute Gasteiger partial charge is 0.201 e. The summed E-state index contributed by atoms with van der Waals surface area (Å²) < 4.78 is 70.4. The van der Waals surface area contributed by atoms with Crippen molar-refractivity contribution in [3.63, 3.8) is 0 Å². The molecule has 0 spiro atoms. The molecular weight excluding hydrogens is 945 g/mol. The highest BCUT2D eigenvalue weighted by atomic mass is 14.9. The number of nitrogens with zero attached hydrogens (tertiary/aromatic N) is 4. The summed E-state index contributed by atoms with van der Waals surface area (Å²) in [5.74, 6) is 0.568. The van der Waals surface area contributed by atoms with Crippen LogP contribution in [0.3, 0.4) is 0 Å². The summed E-state index contributed by atoms with van der Waals surface area (Å²) >= 11 is 0. The molecule has 0 N–H and O–H groups in total. The van der Waals surface area contributed by atoms with Gasteiger partial charge in [-0.25, -0.2) is 18.3 Å². The lowest BCUT2D eigenvalue weighted by Crippen LogP contribution is -2.33. The molecule has 4 aromatic heterocycles. The van der Waals surface area contributed by atoms with Gasteiger partial charge in [0, 0.05) is 79.7 Å². The molecule has 0 saturated carbocycles. The zero-order valence-corrected chi connectivity index (χ0v) is 51.9. The molecule has 0 aliphatic rings. The van der Waals surface area contributed by atoms with E-state index in [0.29, 0.717) is 22.6 Å². The van der Waals surface area contributed by atoms with E-state index in [0.717, 1.165) is 45.6 Å². The van der Waals surface area contributed by atoms with E-state index < -0.39 is 20.1 Å². The van der Waals surface area contributed by atoms with Crippen LogP contribution in [0.4, 0.5) is 0 Å². The molecule has 0 amide bonds. The van der Waals surface area contributed by atoms with Crippen LogP contribution >= 0.6 is 0 Å². The van der Waals surface area contributed by atoms with Gasteiger partial charge in [0.2, 0.25) is 22.8 Å². The maximum Gasteiger partial charge on any atom is 0.212 e. The Morgan fingerprint density at radius 1 is 0.372 bits per heavy atom. The Kier molecular flexibility index (Phi) is 17.3. The van der Waals surface area contributed by atoms with Crippen LogP contribution in [-0.4, -0.2) is 0 Å². The summed E-state index contributed by atoms with van der Waals surface area (Å²) in [7, 11) is 8.20. The minimum absolute atomic E-state index is 0.108. The van der Waals surface area contributed by atoms with Gasteiger partial charge in [0.25, 0.3) is 0 Å². The molecule has 8 rings (SSSR count). The van der Waals surface area contributed by atoms with E-state index in [2.05, 4.69) is 203 Å². The predicted octanol–water partition coefficient (Wildman–Crippen LogP) is 16.8. The van der Waals surface area contributed by atoms with Crippen molar-refractivity contribution in [2.24, 2.45) is 40.0 Å². The van der Waals surface area contributed by atoms with Gasteiger partial charge < -0.3 is 0 Å². The Balaban J connectivity index is 0.000000210. The molecule has 0 radical (unpaired) electrons. The van der Waals surface area contributed by atoms with Crippen LogP contribution in [0.2, 0.25) is 0 Å². The number of hydrogen-bond donors (Lipinski definition) is 0. The Labute approximate surface area is 486 Å². The Bertz CT molecular complexity index is 3620. The maximum absolute atomic E-state index is 8.36. The summed E-state index contributed by atoms with van der Waals surface area (Å²) in [4.78, 5) is 0. The molecule has 0 aliphatic heterocycles. The first-order valence-electron chi connectivity index (χ1n) is 31.9. The molecule has 78 heavy (non-hydrogen) atoms. The number of aryl methyl sites for hydroxylation is 14. The van der Waals surface area contributed by atoms with Crippen LogP contribution in [0.1, 0.15) is 158 Å². The molecule has 4 heteroatoms. The normalized spacial score (nSPS) is 13.4. The van der Waals surface area contributed by atoms with Crippen LogP contribution in [0.15, 0.2) is 134 Å². The fourth-order valence-electron chi connectivity index (χ4n) is 9.97. The topological polar surface area (TPSA) is 15.5 Å². The Hall–Kier alpha value is -6.52. The second-order valence-corrected chi connectivity index (χ2v) is 24.8. The number of benzene rings is 4.